The van der Waals surface area contributed by atoms with Gasteiger partial charge in [-0.2, -0.15) is 0 Å². The number of anilines is 1. The van der Waals surface area contributed by atoms with Crippen LogP contribution in [0.3, 0.4) is 0 Å². The van der Waals surface area contributed by atoms with Crippen molar-refractivity contribution in [3.63, 3.8) is 0 Å². The van der Waals surface area contributed by atoms with Gasteiger partial charge < -0.3 is 24.7 Å². The monoisotopic (exact) mass is 358 g/mol. The molecule has 7 nitrogen and oxygen atoms in total. The first-order chi connectivity index (χ1) is 12.8. The number of aromatic nitrogens is 2. The molecular weight excluding hydrogens is 332 g/mol. The van der Waals surface area contributed by atoms with Crippen LogP contribution in [0.4, 0.5) is 5.82 Å². The highest BCUT2D eigenvalue weighted by molar-refractivity contribution is 5.36. The largest absolute Gasteiger partial charge is 0.491 e. The normalized spacial score (nSPS) is 17.3. The predicted molar refractivity (Wildman–Crippen MR) is 101 cm³/mol. The third-order valence-electron chi connectivity index (χ3n) is 4.46. The zero-order valence-electron chi connectivity index (χ0n) is 15.1. The topological polar surface area (TPSA) is 79.5 Å². The average Bonchev–Trinajstić information content (AvgIpc) is 2.68. The summed E-state index contributed by atoms with van der Waals surface area (Å²) in [7, 11) is 1.66. The molecule has 26 heavy (non-hydrogen) atoms. The van der Waals surface area contributed by atoms with Crippen LogP contribution in [0.5, 0.6) is 5.75 Å². The van der Waals surface area contributed by atoms with Crippen molar-refractivity contribution in [1.82, 2.24) is 15.3 Å². The number of aromatic amines is 1. The second kappa shape index (κ2) is 9.35. The molecule has 1 aromatic carbocycles. The van der Waals surface area contributed by atoms with Crippen LogP contribution in [-0.2, 0) is 11.3 Å². The van der Waals surface area contributed by atoms with Gasteiger partial charge in [-0.05, 0) is 30.5 Å². The molecule has 0 bridgehead atoms. The van der Waals surface area contributed by atoms with E-state index in [9.17, 15) is 4.79 Å². The highest BCUT2D eigenvalue weighted by Gasteiger charge is 2.22. The lowest BCUT2D eigenvalue weighted by molar-refractivity contribution is 0.146. The van der Waals surface area contributed by atoms with Crippen molar-refractivity contribution < 1.29 is 9.47 Å². The Morgan fingerprint density at radius 1 is 1.38 bits per heavy atom. The fourth-order valence-corrected chi connectivity index (χ4v) is 3.16. The van der Waals surface area contributed by atoms with E-state index in [0.717, 1.165) is 38.2 Å². The maximum atomic E-state index is 11.9. The van der Waals surface area contributed by atoms with Crippen molar-refractivity contribution in [2.75, 3.05) is 38.3 Å². The van der Waals surface area contributed by atoms with Crippen molar-refractivity contribution in [3.8, 4) is 5.75 Å². The Morgan fingerprint density at radius 3 is 3.15 bits per heavy atom. The van der Waals surface area contributed by atoms with Crippen LogP contribution < -0.4 is 20.5 Å². The highest BCUT2D eigenvalue weighted by Crippen LogP contribution is 2.16. The van der Waals surface area contributed by atoms with Gasteiger partial charge in [0.05, 0.1) is 6.61 Å². The van der Waals surface area contributed by atoms with Gasteiger partial charge in [0.2, 0.25) is 0 Å². The minimum Gasteiger partial charge on any atom is -0.491 e. The summed E-state index contributed by atoms with van der Waals surface area (Å²) in [4.78, 5) is 20.9. The second-order valence-electron chi connectivity index (χ2n) is 6.40. The number of piperidine rings is 1. The smallest absolute Gasteiger partial charge is 0.290 e. The van der Waals surface area contributed by atoms with E-state index in [0.29, 0.717) is 25.1 Å². The number of H-pyrrole nitrogens is 1. The molecule has 0 aliphatic carbocycles. The number of ether oxygens (including phenoxy) is 2. The van der Waals surface area contributed by atoms with Gasteiger partial charge in [-0.25, -0.2) is 4.98 Å². The number of nitrogens with one attached hydrogen (secondary N) is 2. The van der Waals surface area contributed by atoms with E-state index < -0.39 is 0 Å². The van der Waals surface area contributed by atoms with Crippen molar-refractivity contribution >= 4 is 5.82 Å². The molecule has 0 spiro atoms. The van der Waals surface area contributed by atoms with Gasteiger partial charge in [0.15, 0.2) is 5.82 Å². The number of nitrogens with zero attached hydrogens (tertiary/aromatic N) is 2. The summed E-state index contributed by atoms with van der Waals surface area (Å²) in [6, 6.07) is 8.41. The Bertz CT molecular complexity index is 749. The molecule has 1 fully saturated rings. The first-order valence-corrected chi connectivity index (χ1v) is 8.99. The van der Waals surface area contributed by atoms with Gasteiger partial charge in [0.1, 0.15) is 12.4 Å². The predicted octanol–water partition coefficient (Wildman–Crippen LogP) is 1.55. The summed E-state index contributed by atoms with van der Waals surface area (Å²) in [5.74, 6) is 1.36. The standard InChI is InChI=1S/C19H26N4O3/c1-25-10-11-26-17-6-2-4-15(12-17)13-22-16-5-3-9-23(14-16)18-19(24)21-8-7-20-18/h2,4,6-8,12,16,22H,3,5,9-11,13-14H2,1H3,(H,21,24)/t16-/m1/s1. The Morgan fingerprint density at radius 2 is 2.31 bits per heavy atom. The van der Waals surface area contributed by atoms with Crippen molar-refractivity contribution in [1.29, 1.82) is 0 Å². The van der Waals surface area contributed by atoms with E-state index in [2.05, 4.69) is 26.3 Å². The van der Waals surface area contributed by atoms with Gasteiger partial charge in [0, 0.05) is 45.2 Å². The summed E-state index contributed by atoms with van der Waals surface area (Å²) < 4.78 is 10.7. The second-order valence-corrected chi connectivity index (χ2v) is 6.40. The highest BCUT2D eigenvalue weighted by atomic mass is 16.5. The van der Waals surface area contributed by atoms with Crippen molar-refractivity contribution in [2.45, 2.75) is 25.4 Å². The molecule has 2 aromatic rings. The first kappa shape index (κ1) is 18.4. The molecule has 0 saturated carbocycles. The van der Waals surface area contributed by atoms with Crippen molar-refractivity contribution in [3.05, 3.63) is 52.6 Å². The molecule has 0 unspecified atom stereocenters. The molecule has 2 heterocycles. The quantitative estimate of drug-likeness (QED) is 0.697. The van der Waals surface area contributed by atoms with Gasteiger partial charge in [-0.1, -0.05) is 12.1 Å². The first-order valence-electron chi connectivity index (χ1n) is 8.99. The number of hydrogen-bond acceptors (Lipinski definition) is 6. The fraction of sp³-hybridized carbons (Fsp3) is 0.474. The Balaban J connectivity index is 1.54. The molecule has 3 rings (SSSR count). The minimum absolute atomic E-state index is 0.131. The fourth-order valence-electron chi connectivity index (χ4n) is 3.16. The molecule has 1 saturated heterocycles. The summed E-state index contributed by atoms with van der Waals surface area (Å²) in [6.07, 6.45) is 5.31. The van der Waals surface area contributed by atoms with E-state index in [1.54, 1.807) is 19.5 Å². The molecule has 140 valence electrons. The molecule has 1 aliphatic heterocycles. The Labute approximate surface area is 153 Å². The zero-order chi connectivity index (χ0) is 18.2. The maximum Gasteiger partial charge on any atom is 0.290 e. The number of hydrogen-bond donors (Lipinski definition) is 2. The van der Waals surface area contributed by atoms with Gasteiger partial charge >= 0.3 is 0 Å². The van der Waals surface area contributed by atoms with E-state index in [1.807, 2.05) is 18.2 Å². The minimum atomic E-state index is -0.131. The molecule has 0 radical (unpaired) electrons. The van der Waals surface area contributed by atoms with Crippen LogP contribution in [0.25, 0.3) is 0 Å². The lowest BCUT2D eigenvalue weighted by atomic mass is 10.1. The number of methoxy groups -OCH3 is 1. The molecule has 7 heteroatoms. The molecule has 2 N–H and O–H groups in total. The molecule has 0 amide bonds. The Kier molecular flexibility index (Phi) is 6.62. The maximum absolute atomic E-state index is 11.9. The summed E-state index contributed by atoms with van der Waals surface area (Å²) in [5.41, 5.74) is 1.04. The SMILES string of the molecule is COCCOc1cccc(CN[C@@H]2CCCN(c3ncc[nH]c3=O)C2)c1. The van der Waals surface area contributed by atoms with E-state index in [4.69, 9.17) is 9.47 Å². The average molecular weight is 358 g/mol. The molecule has 1 aliphatic rings. The van der Waals surface area contributed by atoms with Gasteiger partial charge in [-0.3, -0.25) is 4.79 Å². The van der Waals surface area contributed by atoms with E-state index in [-0.39, 0.29) is 5.56 Å². The van der Waals surface area contributed by atoms with Gasteiger partial charge in [0.25, 0.3) is 5.56 Å². The molecule has 1 aromatic heterocycles. The van der Waals surface area contributed by atoms with E-state index in [1.165, 1.54) is 5.56 Å². The third kappa shape index (κ3) is 5.06. The van der Waals surface area contributed by atoms with Crippen LogP contribution in [-0.4, -0.2) is 49.4 Å². The molecular formula is C19H26N4O3. The Hall–Kier alpha value is -2.38. The van der Waals surface area contributed by atoms with Crippen LogP contribution >= 0.6 is 0 Å². The van der Waals surface area contributed by atoms with Crippen molar-refractivity contribution in [2.24, 2.45) is 0 Å². The number of rotatable bonds is 8. The summed E-state index contributed by atoms with van der Waals surface area (Å²) in [5, 5.41) is 3.59. The summed E-state index contributed by atoms with van der Waals surface area (Å²) >= 11 is 0. The summed E-state index contributed by atoms with van der Waals surface area (Å²) in [6.45, 7) is 3.53. The van der Waals surface area contributed by atoms with Gasteiger partial charge in [-0.15, -0.1) is 0 Å². The third-order valence-corrected chi connectivity index (χ3v) is 4.46. The van der Waals surface area contributed by atoms with Crippen LogP contribution in [0.2, 0.25) is 0 Å². The van der Waals surface area contributed by atoms with Crippen LogP contribution in [0, 0.1) is 0 Å². The zero-order valence-corrected chi connectivity index (χ0v) is 15.1. The van der Waals surface area contributed by atoms with Crippen LogP contribution in [0.1, 0.15) is 18.4 Å². The molecule has 1 atom stereocenters. The van der Waals surface area contributed by atoms with Crippen LogP contribution in [0.15, 0.2) is 41.5 Å². The van der Waals surface area contributed by atoms with E-state index >= 15 is 0 Å². The number of benzene rings is 1. The lowest BCUT2D eigenvalue weighted by Gasteiger charge is -2.33. The lowest BCUT2D eigenvalue weighted by Crippen LogP contribution is -2.47.